The van der Waals surface area contributed by atoms with Gasteiger partial charge in [-0.2, -0.15) is 0 Å². The Morgan fingerprint density at radius 2 is 1.91 bits per heavy atom. The van der Waals surface area contributed by atoms with Crippen LogP contribution in [0.3, 0.4) is 0 Å². The van der Waals surface area contributed by atoms with Gasteiger partial charge < -0.3 is 19.5 Å². The molecule has 170 valence electrons. The highest BCUT2D eigenvalue weighted by Gasteiger charge is 2.35. The number of amides is 1. The minimum absolute atomic E-state index is 0.103. The highest BCUT2D eigenvalue weighted by atomic mass is 16.5. The van der Waals surface area contributed by atoms with Crippen molar-refractivity contribution >= 4 is 11.7 Å². The Hall–Kier alpha value is -3.13. The lowest BCUT2D eigenvalue weighted by atomic mass is 9.92. The van der Waals surface area contributed by atoms with Gasteiger partial charge in [-0.1, -0.05) is 0 Å². The summed E-state index contributed by atoms with van der Waals surface area (Å²) in [6, 6.07) is 6.98. The quantitative estimate of drug-likeness (QED) is 0.738. The number of hydrogen-bond acceptors (Lipinski definition) is 7. The van der Waals surface area contributed by atoms with Gasteiger partial charge in [-0.05, 0) is 38.0 Å². The molecule has 1 aromatic heterocycles. The van der Waals surface area contributed by atoms with Gasteiger partial charge in [0.05, 0.1) is 6.42 Å². The first-order valence-corrected chi connectivity index (χ1v) is 10.9. The molecule has 0 radical (unpaired) electrons. The largest absolute Gasteiger partial charge is 0.507 e. The maximum absolute atomic E-state index is 12.6. The van der Waals surface area contributed by atoms with Crippen molar-refractivity contribution in [1.29, 1.82) is 0 Å². The number of hydrogen-bond donors (Lipinski definition) is 1. The van der Waals surface area contributed by atoms with Crippen LogP contribution in [0.15, 0.2) is 36.7 Å². The number of ketones is 1. The zero-order chi connectivity index (χ0) is 22.7. The van der Waals surface area contributed by atoms with Crippen LogP contribution in [0, 0.1) is 0 Å². The normalized spacial score (nSPS) is 18.1. The number of phenolic OH excluding ortho intramolecular Hbond substituents is 1. The van der Waals surface area contributed by atoms with E-state index in [4.69, 9.17) is 9.47 Å². The van der Waals surface area contributed by atoms with E-state index in [-0.39, 0.29) is 41.8 Å². The summed E-state index contributed by atoms with van der Waals surface area (Å²) in [7, 11) is 0. The Balaban J connectivity index is 1.27. The average molecular weight is 440 g/mol. The molecule has 0 unspecified atom stereocenters. The number of fused-ring (bicyclic) bond motifs is 1. The lowest BCUT2D eigenvalue weighted by Crippen LogP contribution is -2.50. The molecule has 0 saturated carbocycles. The standard InChI is InChI=1S/C24H29N3O5/c1-24(2)15-20(29)23-19(28)13-18(14-21(23)32-24)31-16-22(30)27-11-9-26(10-12-27)8-5-17-3-6-25-7-4-17/h3-4,6-7,13-14,28H,5,8-12,15-16H2,1-2H3. The number of phenols is 1. The van der Waals surface area contributed by atoms with E-state index >= 15 is 0 Å². The number of benzene rings is 1. The van der Waals surface area contributed by atoms with Crippen molar-refractivity contribution in [2.24, 2.45) is 0 Å². The van der Waals surface area contributed by atoms with Crippen LogP contribution in [0.4, 0.5) is 0 Å². The maximum Gasteiger partial charge on any atom is 0.260 e. The van der Waals surface area contributed by atoms with Gasteiger partial charge in [0.1, 0.15) is 28.4 Å². The van der Waals surface area contributed by atoms with Crippen molar-refractivity contribution in [2.75, 3.05) is 39.3 Å². The van der Waals surface area contributed by atoms with Crippen LogP contribution in [0.1, 0.15) is 36.2 Å². The van der Waals surface area contributed by atoms with E-state index in [9.17, 15) is 14.7 Å². The third kappa shape index (κ3) is 5.19. The number of nitrogens with zero attached hydrogens (tertiary/aromatic N) is 3. The van der Waals surface area contributed by atoms with Crippen LogP contribution in [0.5, 0.6) is 17.2 Å². The first-order chi connectivity index (χ1) is 15.3. The van der Waals surface area contributed by atoms with Crippen molar-refractivity contribution in [1.82, 2.24) is 14.8 Å². The van der Waals surface area contributed by atoms with Crippen LogP contribution < -0.4 is 9.47 Å². The van der Waals surface area contributed by atoms with E-state index in [1.807, 2.05) is 26.0 Å². The molecular formula is C24H29N3O5. The molecule has 1 saturated heterocycles. The molecule has 1 amide bonds. The fourth-order valence-electron chi connectivity index (χ4n) is 4.12. The number of Topliss-reactive ketones (excluding diaryl/α,β-unsaturated/α-hetero) is 1. The molecule has 0 spiro atoms. The molecular weight excluding hydrogens is 410 g/mol. The summed E-state index contributed by atoms with van der Waals surface area (Å²) in [5.41, 5.74) is 0.780. The molecule has 2 aliphatic rings. The van der Waals surface area contributed by atoms with Gasteiger partial charge in [-0.3, -0.25) is 19.5 Å². The molecule has 32 heavy (non-hydrogen) atoms. The van der Waals surface area contributed by atoms with E-state index in [0.29, 0.717) is 18.8 Å². The smallest absolute Gasteiger partial charge is 0.260 e. The van der Waals surface area contributed by atoms with Gasteiger partial charge in [-0.25, -0.2) is 0 Å². The SMILES string of the molecule is CC1(C)CC(=O)c2c(O)cc(OCC(=O)N3CCN(CCc4ccncc4)CC3)cc2O1. The number of piperazine rings is 1. The van der Waals surface area contributed by atoms with Gasteiger partial charge in [0, 0.05) is 57.3 Å². The molecule has 2 aliphatic heterocycles. The molecule has 1 aromatic carbocycles. The third-order valence-corrected chi connectivity index (χ3v) is 5.86. The van der Waals surface area contributed by atoms with Crippen molar-refractivity contribution in [3.63, 3.8) is 0 Å². The van der Waals surface area contributed by atoms with Crippen molar-refractivity contribution in [3.8, 4) is 17.2 Å². The first kappa shape index (κ1) is 22.1. The highest BCUT2D eigenvalue weighted by Crippen LogP contribution is 2.40. The monoisotopic (exact) mass is 439 g/mol. The summed E-state index contributed by atoms with van der Waals surface area (Å²) in [5, 5.41) is 10.3. The summed E-state index contributed by atoms with van der Waals surface area (Å²) in [6.45, 7) is 7.40. The molecule has 0 atom stereocenters. The van der Waals surface area contributed by atoms with Gasteiger partial charge in [0.15, 0.2) is 12.4 Å². The molecule has 8 nitrogen and oxygen atoms in total. The van der Waals surface area contributed by atoms with Gasteiger partial charge in [0.2, 0.25) is 0 Å². The number of aromatic nitrogens is 1. The number of pyridine rings is 1. The highest BCUT2D eigenvalue weighted by molar-refractivity contribution is 6.03. The number of aromatic hydroxyl groups is 1. The summed E-state index contributed by atoms with van der Waals surface area (Å²) >= 11 is 0. The second-order valence-electron chi connectivity index (χ2n) is 8.89. The van der Waals surface area contributed by atoms with Crippen LogP contribution in [0.2, 0.25) is 0 Å². The Bertz CT molecular complexity index is 985. The average Bonchev–Trinajstić information content (AvgIpc) is 2.75. The fourth-order valence-corrected chi connectivity index (χ4v) is 4.12. The van der Waals surface area contributed by atoms with Gasteiger partial charge in [0.25, 0.3) is 5.91 Å². The Labute approximate surface area is 187 Å². The topological polar surface area (TPSA) is 92.2 Å². The summed E-state index contributed by atoms with van der Waals surface area (Å²) < 4.78 is 11.5. The molecule has 0 aliphatic carbocycles. The Morgan fingerprint density at radius 1 is 1.19 bits per heavy atom. The second kappa shape index (κ2) is 9.16. The van der Waals surface area contributed by atoms with E-state index in [1.54, 1.807) is 23.4 Å². The number of ether oxygens (including phenoxy) is 2. The Morgan fingerprint density at radius 3 is 2.62 bits per heavy atom. The summed E-state index contributed by atoms with van der Waals surface area (Å²) in [4.78, 5) is 33.1. The molecule has 2 aromatic rings. The van der Waals surface area contributed by atoms with Crippen LogP contribution >= 0.6 is 0 Å². The zero-order valence-electron chi connectivity index (χ0n) is 18.5. The molecule has 0 bridgehead atoms. The fraction of sp³-hybridized carbons (Fsp3) is 0.458. The van der Waals surface area contributed by atoms with Gasteiger partial charge >= 0.3 is 0 Å². The van der Waals surface area contributed by atoms with Crippen molar-refractivity contribution < 1.29 is 24.2 Å². The zero-order valence-corrected chi connectivity index (χ0v) is 18.5. The summed E-state index contributed by atoms with van der Waals surface area (Å²) in [6.07, 6.45) is 4.77. The predicted octanol–water partition coefficient (Wildman–Crippen LogP) is 2.30. The van der Waals surface area contributed by atoms with E-state index in [1.165, 1.54) is 11.6 Å². The maximum atomic E-state index is 12.6. The van der Waals surface area contributed by atoms with Crippen LogP contribution in [-0.4, -0.2) is 76.5 Å². The van der Waals surface area contributed by atoms with E-state index < -0.39 is 5.60 Å². The lowest BCUT2D eigenvalue weighted by Gasteiger charge is -2.34. The minimum Gasteiger partial charge on any atom is -0.507 e. The van der Waals surface area contributed by atoms with Crippen LogP contribution in [-0.2, 0) is 11.2 Å². The van der Waals surface area contributed by atoms with E-state index in [0.717, 1.165) is 26.1 Å². The molecule has 8 heteroatoms. The predicted molar refractivity (Wildman–Crippen MR) is 118 cm³/mol. The number of carbonyl (C=O) groups excluding carboxylic acids is 2. The third-order valence-electron chi connectivity index (χ3n) is 5.86. The van der Waals surface area contributed by atoms with E-state index in [2.05, 4.69) is 9.88 Å². The minimum atomic E-state index is -0.651. The summed E-state index contributed by atoms with van der Waals surface area (Å²) in [5.74, 6) is 0.132. The molecule has 1 N–H and O–H groups in total. The number of rotatable bonds is 6. The first-order valence-electron chi connectivity index (χ1n) is 10.9. The second-order valence-corrected chi connectivity index (χ2v) is 8.89. The Kier molecular flexibility index (Phi) is 6.32. The molecule has 4 rings (SSSR count). The lowest BCUT2D eigenvalue weighted by molar-refractivity contribution is -0.135. The molecule has 3 heterocycles. The van der Waals surface area contributed by atoms with Gasteiger partial charge in [-0.15, -0.1) is 0 Å². The van der Waals surface area contributed by atoms with Crippen molar-refractivity contribution in [3.05, 3.63) is 47.8 Å². The van der Waals surface area contributed by atoms with Crippen molar-refractivity contribution in [2.45, 2.75) is 32.3 Å². The van der Waals surface area contributed by atoms with Crippen LogP contribution in [0.25, 0.3) is 0 Å². The molecule has 1 fully saturated rings. The number of carbonyl (C=O) groups is 2.